The quantitative estimate of drug-likeness (QED) is 0.481. The smallest absolute Gasteiger partial charge is 0.255 e. The number of rotatable bonds is 5. The molecule has 0 unspecified atom stereocenters. The van der Waals surface area contributed by atoms with Gasteiger partial charge in [0.15, 0.2) is 5.78 Å². The van der Waals surface area contributed by atoms with Gasteiger partial charge in [-0.25, -0.2) is 8.78 Å². The number of likely N-dealkylation sites (tertiary alicyclic amines) is 1. The molecule has 2 heterocycles. The van der Waals surface area contributed by atoms with E-state index in [2.05, 4.69) is 4.98 Å². The molecule has 6 heteroatoms. The number of carbonyl (C=O) groups is 2. The number of nitrogens with zero attached hydrogens (tertiary/aromatic N) is 2. The SMILES string of the molecule is Cc1nc(/C=C/c2cccc(F)c2)ccc1C(=O)N1CCC(C(=O)c2ccc(F)cc2)CC1. The Balaban J connectivity index is 1.38. The molecule has 3 aromatic rings. The summed E-state index contributed by atoms with van der Waals surface area (Å²) in [7, 11) is 0. The summed E-state index contributed by atoms with van der Waals surface area (Å²) in [6.07, 6.45) is 4.70. The molecule has 0 saturated carbocycles. The summed E-state index contributed by atoms with van der Waals surface area (Å²) in [5.41, 5.74) is 3.06. The Morgan fingerprint density at radius 2 is 1.67 bits per heavy atom. The predicted octanol–water partition coefficient (Wildman–Crippen LogP) is 5.57. The van der Waals surface area contributed by atoms with Gasteiger partial charge < -0.3 is 4.90 Å². The molecule has 1 aliphatic heterocycles. The first-order valence-corrected chi connectivity index (χ1v) is 10.9. The van der Waals surface area contributed by atoms with Crippen molar-refractivity contribution in [2.75, 3.05) is 13.1 Å². The van der Waals surface area contributed by atoms with Crippen molar-refractivity contribution in [3.05, 3.63) is 100 Å². The Labute approximate surface area is 191 Å². The van der Waals surface area contributed by atoms with Gasteiger partial charge in [0.05, 0.1) is 17.0 Å². The number of carbonyl (C=O) groups excluding carboxylic acids is 2. The molecule has 0 aliphatic carbocycles. The molecule has 0 radical (unpaired) electrons. The molecule has 1 amide bonds. The van der Waals surface area contributed by atoms with Gasteiger partial charge in [-0.2, -0.15) is 0 Å². The van der Waals surface area contributed by atoms with Gasteiger partial charge in [-0.15, -0.1) is 0 Å². The Morgan fingerprint density at radius 3 is 2.33 bits per heavy atom. The Kier molecular flexibility index (Phi) is 6.73. The van der Waals surface area contributed by atoms with E-state index in [1.54, 1.807) is 48.2 Å². The minimum atomic E-state index is -0.369. The highest BCUT2D eigenvalue weighted by Gasteiger charge is 2.29. The van der Waals surface area contributed by atoms with E-state index >= 15 is 0 Å². The van der Waals surface area contributed by atoms with Crippen LogP contribution >= 0.6 is 0 Å². The number of piperidine rings is 1. The summed E-state index contributed by atoms with van der Waals surface area (Å²) in [5, 5.41) is 0. The van der Waals surface area contributed by atoms with Crippen molar-refractivity contribution in [2.45, 2.75) is 19.8 Å². The lowest BCUT2D eigenvalue weighted by atomic mass is 9.88. The maximum Gasteiger partial charge on any atom is 0.255 e. The van der Waals surface area contributed by atoms with Crippen LogP contribution in [0.25, 0.3) is 12.2 Å². The van der Waals surface area contributed by atoms with E-state index in [1.165, 1.54) is 36.4 Å². The van der Waals surface area contributed by atoms with Crippen LogP contribution in [0.1, 0.15) is 50.5 Å². The summed E-state index contributed by atoms with van der Waals surface area (Å²) in [4.78, 5) is 32.0. The van der Waals surface area contributed by atoms with Crippen molar-refractivity contribution in [1.82, 2.24) is 9.88 Å². The van der Waals surface area contributed by atoms with Crippen molar-refractivity contribution in [3.8, 4) is 0 Å². The maximum absolute atomic E-state index is 13.3. The van der Waals surface area contributed by atoms with Crippen LogP contribution in [0.2, 0.25) is 0 Å². The standard InChI is InChI=1S/C27H24F2N2O2/c1-18-25(12-11-24(30-18)10-5-19-3-2-4-23(29)17-19)27(33)31-15-13-21(14-16-31)26(32)20-6-8-22(28)9-7-20/h2-12,17,21H,13-16H2,1H3/b10-5+. The number of hydrogen-bond donors (Lipinski definition) is 0. The summed E-state index contributed by atoms with van der Waals surface area (Å²) in [6, 6.07) is 15.4. The van der Waals surface area contributed by atoms with Gasteiger partial charge in [0.1, 0.15) is 11.6 Å². The predicted molar refractivity (Wildman–Crippen MR) is 124 cm³/mol. The normalized spacial score (nSPS) is 14.6. The second-order valence-electron chi connectivity index (χ2n) is 8.20. The first-order valence-electron chi connectivity index (χ1n) is 10.9. The number of benzene rings is 2. The number of amides is 1. The number of aryl methyl sites for hydroxylation is 1. The molecule has 2 aromatic carbocycles. The van der Waals surface area contributed by atoms with Crippen LogP contribution in [-0.2, 0) is 0 Å². The van der Waals surface area contributed by atoms with Crippen LogP contribution in [-0.4, -0.2) is 34.7 Å². The Morgan fingerprint density at radius 1 is 0.939 bits per heavy atom. The zero-order chi connectivity index (χ0) is 23.4. The highest BCUT2D eigenvalue weighted by atomic mass is 19.1. The molecule has 4 rings (SSSR count). The van der Waals surface area contributed by atoms with E-state index < -0.39 is 0 Å². The molecule has 0 bridgehead atoms. The first-order chi connectivity index (χ1) is 15.9. The minimum absolute atomic E-state index is 0.00520. The van der Waals surface area contributed by atoms with Crippen LogP contribution < -0.4 is 0 Å². The second kappa shape index (κ2) is 9.86. The molecule has 0 spiro atoms. The number of hydrogen-bond acceptors (Lipinski definition) is 3. The van der Waals surface area contributed by atoms with Crippen LogP contribution in [0.5, 0.6) is 0 Å². The second-order valence-corrected chi connectivity index (χ2v) is 8.20. The number of ketones is 1. The minimum Gasteiger partial charge on any atom is -0.339 e. The lowest BCUT2D eigenvalue weighted by molar-refractivity contribution is 0.0649. The van der Waals surface area contributed by atoms with E-state index in [-0.39, 0.29) is 29.2 Å². The highest BCUT2D eigenvalue weighted by Crippen LogP contribution is 2.24. The van der Waals surface area contributed by atoms with E-state index in [0.717, 1.165) is 5.56 Å². The number of Topliss-reactive ketones (excluding diaryl/α,β-unsaturated/α-hetero) is 1. The summed E-state index contributed by atoms with van der Waals surface area (Å²) in [5.74, 6) is -0.950. The average Bonchev–Trinajstić information content (AvgIpc) is 2.83. The maximum atomic E-state index is 13.3. The number of halogens is 2. The van der Waals surface area contributed by atoms with Gasteiger partial charge in [0, 0.05) is 24.6 Å². The molecule has 1 fully saturated rings. The molecular formula is C27H24F2N2O2. The van der Waals surface area contributed by atoms with Crippen LogP contribution in [0.15, 0.2) is 60.7 Å². The third-order valence-electron chi connectivity index (χ3n) is 5.91. The first kappa shape index (κ1) is 22.5. The van der Waals surface area contributed by atoms with E-state index in [0.29, 0.717) is 48.4 Å². The van der Waals surface area contributed by atoms with Gasteiger partial charge in [0.2, 0.25) is 0 Å². The van der Waals surface area contributed by atoms with Gasteiger partial charge in [-0.3, -0.25) is 14.6 Å². The molecule has 1 saturated heterocycles. The van der Waals surface area contributed by atoms with Crippen LogP contribution in [0.4, 0.5) is 8.78 Å². The molecular weight excluding hydrogens is 422 g/mol. The van der Waals surface area contributed by atoms with E-state index in [9.17, 15) is 18.4 Å². The van der Waals surface area contributed by atoms with Crippen LogP contribution in [0, 0.1) is 24.5 Å². The summed E-state index contributed by atoms with van der Waals surface area (Å²) < 4.78 is 26.4. The van der Waals surface area contributed by atoms with Crippen molar-refractivity contribution in [2.24, 2.45) is 5.92 Å². The molecule has 0 atom stereocenters. The fourth-order valence-corrected chi connectivity index (χ4v) is 4.06. The Bertz CT molecular complexity index is 1200. The van der Waals surface area contributed by atoms with E-state index in [4.69, 9.17) is 0 Å². The van der Waals surface area contributed by atoms with Gasteiger partial charge >= 0.3 is 0 Å². The van der Waals surface area contributed by atoms with Gasteiger partial charge in [-0.05, 0) is 79.9 Å². The van der Waals surface area contributed by atoms with Gasteiger partial charge in [-0.1, -0.05) is 18.2 Å². The Hall–Kier alpha value is -3.67. The topological polar surface area (TPSA) is 50.3 Å². The van der Waals surface area contributed by atoms with Crippen molar-refractivity contribution in [1.29, 1.82) is 0 Å². The lowest BCUT2D eigenvalue weighted by Gasteiger charge is -2.31. The zero-order valence-corrected chi connectivity index (χ0v) is 18.3. The summed E-state index contributed by atoms with van der Waals surface area (Å²) >= 11 is 0. The highest BCUT2D eigenvalue weighted by molar-refractivity contribution is 5.98. The zero-order valence-electron chi connectivity index (χ0n) is 18.3. The number of aromatic nitrogens is 1. The average molecular weight is 446 g/mol. The largest absolute Gasteiger partial charge is 0.339 e. The molecule has 168 valence electrons. The van der Waals surface area contributed by atoms with Crippen molar-refractivity contribution < 1.29 is 18.4 Å². The van der Waals surface area contributed by atoms with Crippen molar-refractivity contribution in [3.63, 3.8) is 0 Å². The van der Waals surface area contributed by atoms with Crippen molar-refractivity contribution >= 4 is 23.8 Å². The fourth-order valence-electron chi connectivity index (χ4n) is 4.06. The van der Waals surface area contributed by atoms with Gasteiger partial charge in [0.25, 0.3) is 5.91 Å². The third kappa shape index (κ3) is 5.40. The third-order valence-corrected chi connectivity index (χ3v) is 5.91. The number of pyridine rings is 1. The molecule has 4 nitrogen and oxygen atoms in total. The van der Waals surface area contributed by atoms with Crippen LogP contribution in [0.3, 0.4) is 0 Å². The molecule has 0 N–H and O–H groups in total. The molecule has 1 aromatic heterocycles. The summed E-state index contributed by atoms with van der Waals surface area (Å²) in [6.45, 7) is 2.76. The fraction of sp³-hybridized carbons (Fsp3) is 0.222. The lowest BCUT2D eigenvalue weighted by Crippen LogP contribution is -2.40. The molecule has 33 heavy (non-hydrogen) atoms. The van der Waals surface area contributed by atoms with E-state index in [1.807, 2.05) is 0 Å². The monoisotopic (exact) mass is 446 g/mol. The molecule has 1 aliphatic rings.